The Morgan fingerprint density at radius 3 is 2.88 bits per heavy atom. The van der Waals surface area contributed by atoms with Crippen LogP contribution < -0.4 is 0 Å². The standard InChI is InChI=1S/C13H20N2O/c1-12(16)5-4-9-15(2)10-7-13-6-3-8-14-11-13/h3,6,8,11H,4-5,7,9-10H2,1-2H3. The summed E-state index contributed by atoms with van der Waals surface area (Å²) in [4.78, 5) is 17.1. The third-order valence-corrected chi connectivity index (χ3v) is 2.57. The second kappa shape index (κ2) is 7.12. The summed E-state index contributed by atoms with van der Waals surface area (Å²) in [5.74, 6) is 0.278. The summed E-state index contributed by atoms with van der Waals surface area (Å²) < 4.78 is 0. The molecule has 3 nitrogen and oxygen atoms in total. The molecule has 1 aromatic heterocycles. The van der Waals surface area contributed by atoms with Gasteiger partial charge >= 0.3 is 0 Å². The SMILES string of the molecule is CC(=O)CCCN(C)CCc1cccnc1. The lowest BCUT2D eigenvalue weighted by atomic mass is 10.2. The van der Waals surface area contributed by atoms with Crippen molar-refractivity contribution in [2.75, 3.05) is 20.1 Å². The van der Waals surface area contributed by atoms with E-state index in [9.17, 15) is 4.79 Å². The first-order valence-corrected chi connectivity index (χ1v) is 5.75. The number of Topliss-reactive ketones (excluding diaryl/α,β-unsaturated/α-hetero) is 1. The minimum atomic E-state index is 0.278. The largest absolute Gasteiger partial charge is 0.306 e. The molecule has 16 heavy (non-hydrogen) atoms. The lowest BCUT2D eigenvalue weighted by molar-refractivity contribution is -0.117. The average Bonchev–Trinajstić information content (AvgIpc) is 2.27. The van der Waals surface area contributed by atoms with E-state index < -0.39 is 0 Å². The van der Waals surface area contributed by atoms with Crippen LogP contribution in [0.25, 0.3) is 0 Å². The van der Waals surface area contributed by atoms with Gasteiger partial charge in [-0.15, -0.1) is 0 Å². The van der Waals surface area contributed by atoms with E-state index in [1.54, 1.807) is 13.1 Å². The second-order valence-corrected chi connectivity index (χ2v) is 4.22. The molecule has 0 aliphatic heterocycles. The Bertz CT molecular complexity index is 311. The van der Waals surface area contributed by atoms with Crippen LogP contribution in [-0.4, -0.2) is 35.8 Å². The van der Waals surface area contributed by atoms with E-state index in [0.717, 1.165) is 25.9 Å². The number of aromatic nitrogens is 1. The molecule has 0 saturated carbocycles. The summed E-state index contributed by atoms with van der Waals surface area (Å²) >= 11 is 0. The number of carbonyl (C=O) groups excluding carboxylic acids is 1. The number of pyridine rings is 1. The first-order chi connectivity index (χ1) is 7.68. The molecule has 1 aromatic rings. The molecule has 0 aromatic carbocycles. The Morgan fingerprint density at radius 1 is 1.44 bits per heavy atom. The number of carbonyl (C=O) groups is 1. The van der Waals surface area contributed by atoms with E-state index >= 15 is 0 Å². The predicted octanol–water partition coefficient (Wildman–Crippen LogP) is 1.93. The van der Waals surface area contributed by atoms with Gasteiger partial charge in [0, 0.05) is 25.4 Å². The van der Waals surface area contributed by atoms with Crippen LogP contribution in [0, 0.1) is 0 Å². The maximum atomic E-state index is 10.8. The van der Waals surface area contributed by atoms with Crippen molar-refractivity contribution in [2.24, 2.45) is 0 Å². The molecule has 0 spiro atoms. The molecule has 0 aliphatic rings. The summed E-state index contributed by atoms with van der Waals surface area (Å²) in [6.45, 7) is 3.65. The zero-order valence-corrected chi connectivity index (χ0v) is 10.1. The summed E-state index contributed by atoms with van der Waals surface area (Å²) in [6, 6.07) is 4.06. The molecule has 0 saturated heterocycles. The highest BCUT2D eigenvalue weighted by Crippen LogP contribution is 2.00. The number of hydrogen-bond acceptors (Lipinski definition) is 3. The highest BCUT2D eigenvalue weighted by molar-refractivity contribution is 5.75. The number of rotatable bonds is 7. The van der Waals surface area contributed by atoms with Crippen LogP contribution in [0.4, 0.5) is 0 Å². The molecular formula is C13H20N2O. The van der Waals surface area contributed by atoms with Crippen LogP contribution in [0.5, 0.6) is 0 Å². The quantitative estimate of drug-likeness (QED) is 0.704. The molecule has 0 bridgehead atoms. The first kappa shape index (κ1) is 12.8. The summed E-state index contributed by atoms with van der Waals surface area (Å²) in [5, 5.41) is 0. The lowest BCUT2D eigenvalue weighted by Crippen LogP contribution is -2.22. The highest BCUT2D eigenvalue weighted by atomic mass is 16.1. The highest BCUT2D eigenvalue weighted by Gasteiger charge is 2.00. The zero-order chi connectivity index (χ0) is 11.8. The van der Waals surface area contributed by atoms with E-state index in [1.165, 1.54) is 5.56 Å². The molecule has 0 N–H and O–H groups in total. The Hall–Kier alpha value is -1.22. The Morgan fingerprint density at radius 2 is 2.25 bits per heavy atom. The van der Waals surface area contributed by atoms with Gasteiger partial charge in [0.25, 0.3) is 0 Å². The van der Waals surface area contributed by atoms with Crippen LogP contribution in [0.15, 0.2) is 24.5 Å². The fourth-order valence-electron chi connectivity index (χ4n) is 1.58. The molecule has 0 amide bonds. The minimum absolute atomic E-state index is 0.278. The van der Waals surface area contributed by atoms with Crippen molar-refractivity contribution < 1.29 is 4.79 Å². The first-order valence-electron chi connectivity index (χ1n) is 5.75. The molecule has 0 aliphatic carbocycles. The topological polar surface area (TPSA) is 33.2 Å². The van der Waals surface area contributed by atoms with Crippen LogP contribution in [0.1, 0.15) is 25.3 Å². The van der Waals surface area contributed by atoms with Crippen LogP contribution in [0.2, 0.25) is 0 Å². The van der Waals surface area contributed by atoms with Crippen molar-refractivity contribution in [3.8, 4) is 0 Å². The van der Waals surface area contributed by atoms with Gasteiger partial charge in [-0.05, 0) is 45.0 Å². The predicted molar refractivity (Wildman–Crippen MR) is 65.4 cm³/mol. The maximum Gasteiger partial charge on any atom is 0.129 e. The van der Waals surface area contributed by atoms with Crippen molar-refractivity contribution in [1.82, 2.24) is 9.88 Å². The van der Waals surface area contributed by atoms with Crippen molar-refractivity contribution >= 4 is 5.78 Å². The van der Waals surface area contributed by atoms with E-state index in [-0.39, 0.29) is 5.78 Å². The van der Waals surface area contributed by atoms with Gasteiger partial charge in [0.05, 0.1) is 0 Å². The molecule has 1 heterocycles. The fraction of sp³-hybridized carbons (Fsp3) is 0.538. The van der Waals surface area contributed by atoms with Gasteiger partial charge in [0.1, 0.15) is 5.78 Å². The molecular weight excluding hydrogens is 200 g/mol. The molecule has 3 heteroatoms. The van der Waals surface area contributed by atoms with Gasteiger partial charge in [-0.1, -0.05) is 6.07 Å². The van der Waals surface area contributed by atoms with Crippen LogP contribution >= 0.6 is 0 Å². The summed E-state index contributed by atoms with van der Waals surface area (Å²) in [5.41, 5.74) is 1.26. The maximum absolute atomic E-state index is 10.8. The van der Waals surface area contributed by atoms with Gasteiger partial charge in [0.15, 0.2) is 0 Å². The second-order valence-electron chi connectivity index (χ2n) is 4.22. The van der Waals surface area contributed by atoms with E-state index in [0.29, 0.717) is 6.42 Å². The number of ketones is 1. The van der Waals surface area contributed by atoms with Gasteiger partial charge in [-0.2, -0.15) is 0 Å². The van der Waals surface area contributed by atoms with Gasteiger partial charge in [-0.3, -0.25) is 4.98 Å². The van der Waals surface area contributed by atoms with Crippen LogP contribution in [0.3, 0.4) is 0 Å². The molecule has 0 fully saturated rings. The van der Waals surface area contributed by atoms with E-state index in [4.69, 9.17) is 0 Å². The van der Waals surface area contributed by atoms with Gasteiger partial charge < -0.3 is 9.69 Å². The molecule has 0 radical (unpaired) electrons. The summed E-state index contributed by atoms with van der Waals surface area (Å²) in [7, 11) is 2.09. The minimum Gasteiger partial charge on any atom is -0.306 e. The summed E-state index contributed by atoms with van der Waals surface area (Å²) in [6.07, 6.45) is 6.37. The molecule has 1 rings (SSSR count). The third kappa shape index (κ3) is 5.61. The number of hydrogen-bond donors (Lipinski definition) is 0. The van der Waals surface area contributed by atoms with E-state index in [1.807, 2.05) is 12.3 Å². The average molecular weight is 220 g/mol. The van der Waals surface area contributed by atoms with Gasteiger partial charge in [-0.25, -0.2) is 0 Å². The van der Waals surface area contributed by atoms with Crippen molar-refractivity contribution in [3.63, 3.8) is 0 Å². The zero-order valence-electron chi connectivity index (χ0n) is 10.1. The number of likely N-dealkylation sites (N-methyl/N-ethyl adjacent to an activating group) is 1. The normalized spacial score (nSPS) is 10.7. The van der Waals surface area contributed by atoms with Crippen LogP contribution in [-0.2, 0) is 11.2 Å². The fourth-order valence-corrected chi connectivity index (χ4v) is 1.58. The van der Waals surface area contributed by atoms with Crippen molar-refractivity contribution in [1.29, 1.82) is 0 Å². The molecule has 0 unspecified atom stereocenters. The lowest BCUT2D eigenvalue weighted by Gasteiger charge is -2.15. The molecule has 88 valence electrons. The Labute approximate surface area is 97.5 Å². The smallest absolute Gasteiger partial charge is 0.129 e. The van der Waals surface area contributed by atoms with Crippen molar-refractivity contribution in [3.05, 3.63) is 30.1 Å². The third-order valence-electron chi connectivity index (χ3n) is 2.57. The Balaban J connectivity index is 2.15. The molecule has 0 atom stereocenters. The van der Waals surface area contributed by atoms with E-state index in [2.05, 4.69) is 23.0 Å². The van der Waals surface area contributed by atoms with Gasteiger partial charge in [0.2, 0.25) is 0 Å². The monoisotopic (exact) mass is 220 g/mol. The Kier molecular flexibility index (Phi) is 5.72. The number of nitrogens with zero attached hydrogens (tertiary/aromatic N) is 2. The van der Waals surface area contributed by atoms with Crippen molar-refractivity contribution in [2.45, 2.75) is 26.2 Å².